The minimum atomic E-state index is -0.177. The van der Waals surface area contributed by atoms with E-state index in [0.29, 0.717) is 43.2 Å². The molecule has 1 aliphatic rings. The number of benzene rings is 2. The molecular weight excluding hydrogens is 458 g/mol. The van der Waals surface area contributed by atoms with Crippen LogP contribution in [0.25, 0.3) is 0 Å². The molecule has 1 aliphatic heterocycles. The second-order valence-corrected chi connectivity index (χ2v) is 8.03. The van der Waals surface area contributed by atoms with Gasteiger partial charge < -0.3 is 20.3 Å². The zero-order valence-corrected chi connectivity index (χ0v) is 18.3. The van der Waals surface area contributed by atoms with Crippen LogP contribution in [0.3, 0.4) is 0 Å². The summed E-state index contributed by atoms with van der Waals surface area (Å²) < 4.78 is 6.31. The first-order chi connectivity index (χ1) is 14.0. The highest BCUT2D eigenvalue weighted by molar-refractivity contribution is 9.10. The number of carbonyl (C=O) groups excluding carboxylic acids is 2. The van der Waals surface area contributed by atoms with Gasteiger partial charge in [0, 0.05) is 41.1 Å². The molecule has 3 rings (SSSR count). The van der Waals surface area contributed by atoms with Crippen LogP contribution < -0.4 is 15.5 Å². The van der Waals surface area contributed by atoms with Gasteiger partial charge in [0.2, 0.25) is 5.91 Å². The summed E-state index contributed by atoms with van der Waals surface area (Å²) in [5, 5.41) is 6.40. The average molecular weight is 481 g/mol. The van der Waals surface area contributed by atoms with Crippen LogP contribution in [-0.4, -0.2) is 44.7 Å². The highest BCUT2D eigenvalue weighted by atomic mass is 79.9. The molecule has 0 saturated carbocycles. The molecule has 0 aliphatic carbocycles. The van der Waals surface area contributed by atoms with Crippen LogP contribution in [0.5, 0.6) is 0 Å². The van der Waals surface area contributed by atoms with E-state index in [4.69, 9.17) is 16.3 Å². The molecule has 1 fully saturated rings. The zero-order chi connectivity index (χ0) is 20.6. The third-order valence-corrected chi connectivity index (χ3v) is 5.30. The van der Waals surface area contributed by atoms with E-state index in [1.165, 1.54) is 0 Å². The molecule has 2 aromatic carbocycles. The molecule has 0 spiro atoms. The van der Waals surface area contributed by atoms with E-state index in [1.54, 1.807) is 24.3 Å². The summed E-state index contributed by atoms with van der Waals surface area (Å²) in [5.41, 5.74) is 2.31. The molecule has 2 amide bonds. The van der Waals surface area contributed by atoms with E-state index in [2.05, 4.69) is 31.5 Å². The molecule has 0 radical (unpaired) electrons. The van der Waals surface area contributed by atoms with Crippen molar-refractivity contribution >= 4 is 50.7 Å². The number of hydrogen-bond acceptors (Lipinski definition) is 4. The Bertz CT molecular complexity index is 855. The Morgan fingerprint density at radius 2 is 1.83 bits per heavy atom. The number of carbonyl (C=O) groups is 2. The molecule has 0 bridgehead atoms. The number of nitrogens with zero attached hydrogens (tertiary/aromatic N) is 1. The molecule has 1 heterocycles. The molecule has 0 atom stereocenters. The first-order valence-electron chi connectivity index (χ1n) is 9.49. The molecule has 2 N–H and O–H groups in total. The maximum absolute atomic E-state index is 12.4. The van der Waals surface area contributed by atoms with Gasteiger partial charge in [0.25, 0.3) is 5.91 Å². The Hall–Kier alpha value is -2.09. The van der Waals surface area contributed by atoms with Gasteiger partial charge >= 0.3 is 0 Å². The van der Waals surface area contributed by atoms with Crippen molar-refractivity contribution in [2.24, 2.45) is 0 Å². The number of hydrogen-bond donors (Lipinski definition) is 2. The van der Waals surface area contributed by atoms with Gasteiger partial charge in [-0.3, -0.25) is 9.59 Å². The van der Waals surface area contributed by atoms with Crippen molar-refractivity contribution in [1.29, 1.82) is 0 Å². The van der Waals surface area contributed by atoms with E-state index in [9.17, 15) is 9.59 Å². The number of morpholine rings is 1. The molecular formula is C21H23BrClN3O3. The topological polar surface area (TPSA) is 70.7 Å². The number of rotatable bonds is 7. The third kappa shape index (κ3) is 6.45. The van der Waals surface area contributed by atoms with E-state index >= 15 is 0 Å². The number of nitrogens with one attached hydrogen (secondary N) is 2. The first kappa shape index (κ1) is 21.6. The van der Waals surface area contributed by atoms with Crippen molar-refractivity contribution in [3.63, 3.8) is 0 Å². The summed E-state index contributed by atoms with van der Waals surface area (Å²) in [6.45, 7) is 3.36. The van der Waals surface area contributed by atoms with Crippen LogP contribution in [0.1, 0.15) is 23.2 Å². The quantitative estimate of drug-likeness (QED) is 0.586. The van der Waals surface area contributed by atoms with Crippen LogP contribution in [0.2, 0.25) is 5.02 Å². The fourth-order valence-electron chi connectivity index (χ4n) is 3.06. The lowest BCUT2D eigenvalue weighted by Crippen LogP contribution is -2.36. The lowest BCUT2D eigenvalue weighted by Gasteiger charge is -2.30. The molecule has 2 aromatic rings. The van der Waals surface area contributed by atoms with Gasteiger partial charge in [0.05, 0.1) is 24.6 Å². The maximum Gasteiger partial charge on any atom is 0.251 e. The molecule has 154 valence electrons. The van der Waals surface area contributed by atoms with Crippen molar-refractivity contribution in [1.82, 2.24) is 5.32 Å². The van der Waals surface area contributed by atoms with E-state index < -0.39 is 0 Å². The Balaban J connectivity index is 1.48. The second-order valence-electron chi connectivity index (χ2n) is 6.68. The summed E-state index contributed by atoms with van der Waals surface area (Å²) in [6.07, 6.45) is 0.863. The smallest absolute Gasteiger partial charge is 0.251 e. The standard InChI is InChI=1S/C21H23BrClN3O3/c22-16-5-8-19(26-10-12-29-13-11-26)18(14-16)25-20(27)2-1-9-24-21(28)15-3-6-17(23)7-4-15/h3-8,14H,1-2,9-13H2,(H,24,28)(H,25,27). The monoisotopic (exact) mass is 479 g/mol. The largest absolute Gasteiger partial charge is 0.378 e. The Labute approximate surface area is 183 Å². The molecule has 8 heteroatoms. The van der Waals surface area contributed by atoms with Crippen molar-refractivity contribution in [3.05, 3.63) is 57.5 Å². The molecule has 0 unspecified atom stereocenters. The van der Waals surface area contributed by atoms with Gasteiger partial charge in [0.15, 0.2) is 0 Å². The van der Waals surface area contributed by atoms with Gasteiger partial charge in [-0.05, 0) is 48.9 Å². The third-order valence-electron chi connectivity index (χ3n) is 4.56. The van der Waals surface area contributed by atoms with Crippen LogP contribution in [0, 0.1) is 0 Å². The lowest BCUT2D eigenvalue weighted by molar-refractivity contribution is -0.116. The van der Waals surface area contributed by atoms with Gasteiger partial charge in [-0.25, -0.2) is 0 Å². The number of amides is 2. The fourth-order valence-corrected chi connectivity index (χ4v) is 3.54. The van der Waals surface area contributed by atoms with Gasteiger partial charge in [-0.1, -0.05) is 27.5 Å². The number of ether oxygens (including phenoxy) is 1. The van der Waals surface area contributed by atoms with Crippen LogP contribution in [0.15, 0.2) is 46.9 Å². The highest BCUT2D eigenvalue weighted by Gasteiger charge is 2.16. The van der Waals surface area contributed by atoms with Gasteiger partial charge in [-0.15, -0.1) is 0 Å². The Morgan fingerprint density at radius 3 is 2.55 bits per heavy atom. The van der Waals surface area contributed by atoms with Crippen molar-refractivity contribution in [2.45, 2.75) is 12.8 Å². The maximum atomic E-state index is 12.4. The van der Waals surface area contributed by atoms with Gasteiger partial charge in [-0.2, -0.15) is 0 Å². The zero-order valence-electron chi connectivity index (χ0n) is 15.9. The molecule has 6 nitrogen and oxygen atoms in total. The average Bonchev–Trinajstić information content (AvgIpc) is 2.72. The Morgan fingerprint density at radius 1 is 1.10 bits per heavy atom. The van der Waals surface area contributed by atoms with E-state index in [-0.39, 0.29) is 11.8 Å². The molecule has 29 heavy (non-hydrogen) atoms. The van der Waals surface area contributed by atoms with Gasteiger partial charge in [0.1, 0.15) is 0 Å². The highest BCUT2D eigenvalue weighted by Crippen LogP contribution is 2.30. The first-order valence-corrected chi connectivity index (χ1v) is 10.7. The number of halogens is 2. The number of anilines is 2. The van der Waals surface area contributed by atoms with E-state index in [1.807, 2.05) is 18.2 Å². The summed E-state index contributed by atoms with van der Waals surface area (Å²) in [7, 11) is 0. The van der Waals surface area contributed by atoms with Crippen LogP contribution in [0.4, 0.5) is 11.4 Å². The van der Waals surface area contributed by atoms with Crippen LogP contribution in [-0.2, 0) is 9.53 Å². The van der Waals surface area contributed by atoms with Crippen molar-refractivity contribution < 1.29 is 14.3 Å². The summed E-state index contributed by atoms with van der Waals surface area (Å²) in [5.74, 6) is -0.262. The van der Waals surface area contributed by atoms with Crippen molar-refractivity contribution in [2.75, 3.05) is 43.1 Å². The molecule has 1 saturated heterocycles. The predicted molar refractivity (Wildman–Crippen MR) is 119 cm³/mol. The minimum Gasteiger partial charge on any atom is -0.378 e. The fraction of sp³-hybridized carbons (Fsp3) is 0.333. The lowest BCUT2D eigenvalue weighted by atomic mass is 10.2. The van der Waals surface area contributed by atoms with Crippen LogP contribution >= 0.6 is 27.5 Å². The summed E-state index contributed by atoms with van der Waals surface area (Å²) in [4.78, 5) is 26.7. The minimum absolute atomic E-state index is 0.0849. The second kappa shape index (κ2) is 10.6. The SMILES string of the molecule is O=C(CCCNC(=O)c1ccc(Cl)cc1)Nc1cc(Br)ccc1N1CCOCC1. The Kier molecular flexibility index (Phi) is 7.91. The summed E-state index contributed by atoms with van der Waals surface area (Å²) in [6, 6.07) is 12.6. The normalized spacial score (nSPS) is 13.8. The van der Waals surface area contributed by atoms with E-state index in [0.717, 1.165) is 28.9 Å². The van der Waals surface area contributed by atoms with Crippen molar-refractivity contribution in [3.8, 4) is 0 Å². The molecule has 0 aromatic heterocycles. The summed E-state index contributed by atoms with van der Waals surface area (Å²) >= 11 is 9.29. The predicted octanol–water partition coefficient (Wildman–Crippen LogP) is 4.09.